The van der Waals surface area contributed by atoms with E-state index in [-0.39, 0.29) is 5.78 Å². The van der Waals surface area contributed by atoms with E-state index < -0.39 is 11.8 Å². The summed E-state index contributed by atoms with van der Waals surface area (Å²) in [7, 11) is 0. The van der Waals surface area contributed by atoms with E-state index in [0.717, 1.165) is 31.2 Å². The van der Waals surface area contributed by atoms with Gasteiger partial charge in [-0.05, 0) is 70.8 Å². The summed E-state index contributed by atoms with van der Waals surface area (Å²) >= 11 is 19.3. The Labute approximate surface area is 214 Å². The Morgan fingerprint density at radius 1 is 0.500 bits per heavy atom. The fourth-order valence-electron chi connectivity index (χ4n) is 3.83. The van der Waals surface area contributed by atoms with Crippen molar-refractivity contribution in [2.75, 3.05) is 0 Å². The predicted octanol–water partition coefficient (Wildman–Crippen LogP) is 9.05. The maximum absolute atomic E-state index is 14.3. The summed E-state index contributed by atoms with van der Waals surface area (Å²) in [5, 5.41) is 1.27. The van der Waals surface area contributed by atoms with Crippen molar-refractivity contribution in [1.82, 2.24) is 0 Å². The molecule has 0 aliphatic heterocycles. The molecule has 0 saturated heterocycles. The van der Waals surface area contributed by atoms with Crippen LogP contribution in [0.25, 0.3) is 0 Å². The zero-order valence-corrected chi connectivity index (χ0v) is 21.5. The molecule has 4 rings (SSSR count). The monoisotopic (exact) mass is 586 g/mol. The van der Waals surface area contributed by atoms with Crippen molar-refractivity contribution in [3.63, 3.8) is 0 Å². The van der Waals surface area contributed by atoms with E-state index in [0.29, 0.717) is 10.0 Å². The zero-order chi connectivity index (χ0) is 22.7. The molecule has 0 amide bonds. The van der Waals surface area contributed by atoms with E-state index in [4.69, 9.17) is 23.2 Å². The van der Waals surface area contributed by atoms with Crippen molar-refractivity contribution < 1.29 is 4.79 Å². The number of ketones is 1. The minimum atomic E-state index is -0.454. The summed E-state index contributed by atoms with van der Waals surface area (Å²) in [5.74, 6) is -0.825. The SMILES string of the molecule is O=C(C(c1ccc(Cl)cc1)c1ccc(Br)cc1)C(c1ccc(Cl)cc1)c1ccc(Br)cc1. The molecule has 0 saturated carbocycles. The van der Waals surface area contributed by atoms with Gasteiger partial charge in [0.1, 0.15) is 0 Å². The molecule has 32 heavy (non-hydrogen) atoms. The third-order valence-electron chi connectivity index (χ3n) is 5.38. The molecule has 2 atom stereocenters. The molecule has 0 heterocycles. The van der Waals surface area contributed by atoms with Gasteiger partial charge in [-0.3, -0.25) is 4.79 Å². The molecule has 0 N–H and O–H groups in total. The van der Waals surface area contributed by atoms with E-state index in [2.05, 4.69) is 31.9 Å². The lowest BCUT2D eigenvalue weighted by Crippen LogP contribution is -2.23. The summed E-state index contributed by atoms with van der Waals surface area (Å²) in [6, 6.07) is 30.8. The van der Waals surface area contributed by atoms with Crippen molar-refractivity contribution in [2.24, 2.45) is 0 Å². The van der Waals surface area contributed by atoms with Crippen LogP contribution in [0.2, 0.25) is 10.0 Å². The van der Waals surface area contributed by atoms with Gasteiger partial charge in [-0.2, -0.15) is 0 Å². The molecule has 0 aromatic heterocycles. The summed E-state index contributed by atoms with van der Waals surface area (Å²) in [6.07, 6.45) is 0. The van der Waals surface area contributed by atoms with E-state index in [1.807, 2.05) is 97.1 Å². The van der Waals surface area contributed by atoms with Gasteiger partial charge in [0.25, 0.3) is 0 Å². The lowest BCUT2D eigenvalue weighted by molar-refractivity contribution is -0.120. The molecule has 0 bridgehead atoms. The molecule has 4 aromatic carbocycles. The molecule has 0 spiro atoms. The summed E-state index contributed by atoms with van der Waals surface area (Å²) in [5.41, 5.74) is 3.66. The normalized spacial score (nSPS) is 12.9. The Balaban J connectivity index is 1.87. The Morgan fingerprint density at radius 2 is 0.750 bits per heavy atom. The highest BCUT2D eigenvalue weighted by Gasteiger charge is 2.32. The van der Waals surface area contributed by atoms with Gasteiger partial charge in [-0.25, -0.2) is 0 Å². The van der Waals surface area contributed by atoms with Gasteiger partial charge in [-0.1, -0.05) is 104 Å². The number of benzene rings is 4. The number of hydrogen-bond acceptors (Lipinski definition) is 1. The third kappa shape index (κ3) is 5.35. The molecular weight excluding hydrogens is 571 g/mol. The Bertz CT molecular complexity index is 1010. The van der Waals surface area contributed by atoms with Crippen molar-refractivity contribution in [2.45, 2.75) is 11.8 Å². The van der Waals surface area contributed by atoms with Gasteiger partial charge in [0.2, 0.25) is 0 Å². The largest absolute Gasteiger partial charge is 0.298 e. The van der Waals surface area contributed by atoms with E-state index in [1.165, 1.54) is 0 Å². The van der Waals surface area contributed by atoms with Crippen LogP contribution in [0.1, 0.15) is 34.1 Å². The van der Waals surface area contributed by atoms with Crippen LogP contribution in [0.5, 0.6) is 0 Å². The average molecular weight is 589 g/mol. The highest BCUT2D eigenvalue weighted by atomic mass is 79.9. The van der Waals surface area contributed by atoms with E-state index in [1.54, 1.807) is 0 Å². The first kappa shape index (κ1) is 23.3. The third-order valence-corrected chi connectivity index (χ3v) is 6.94. The van der Waals surface area contributed by atoms with Crippen LogP contribution in [-0.4, -0.2) is 5.78 Å². The number of rotatable bonds is 6. The molecule has 2 unspecified atom stereocenters. The van der Waals surface area contributed by atoms with Gasteiger partial charge >= 0.3 is 0 Å². The Morgan fingerprint density at radius 3 is 1.03 bits per heavy atom. The fourth-order valence-corrected chi connectivity index (χ4v) is 4.61. The highest BCUT2D eigenvalue weighted by molar-refractivity contribution is 9.10. The topological polar surface area (TPSA) is 17.1 Å². The van der Waals surface area contributed by atoms with Gasteiger partial charge < -0.3 is 0 Å². The van der Waals surface area contributed by atoms with Crippen LogP contribution in [0.15, 0.2) is 106 Å². The van der Waals surface area contributed by atoms with E-state index in [9.17, 15) is 4.79 Å². The van der Waals surface area contributed by atoms with Gasteiger partial charge in [0.15, 0.2) is 5.78 Å². The Hall–Kier alpha value is -1.91. The first-order chi connectivity index (χ1) is 15.4. The first-order valence-corrected chi connectivity index (χ1v) is 12.3. The van der Waals surface area contributed by atoms with Gasteiger partial charge in [0, 0.05) is 19.0 Å². The molecule has 5 heteroatoms. The van der Waals surface area contributed by atoms with Crippen molar-refractivity contribution in [3.8, 4) is 0 Å². The maximum atomic E-state index is 14.3. The van der Waals surface area contributed by atoms with E-state index >= 15 is 0 Å². The number of Topliss-reactive ketones (excluding diaryl/α,β-unsaturated/α-hetero) is 1. The van der Waals surface area contributed by atoms with Crippen molar-refractivity contribution >= 4 is 60.8 Å². The van der Waals surface area contributed by atoms with Gasteiger partial charge in [-0.15, -0.1) is 0 Å². The lowest BCUT2D eigenvalue weighted by Gasteiger charge is -2.25. The summed E-state index contributed by atoms with van der Waals surface area (Å²) < 4.78 is 1.93. The van der Waals surface area contributed by atoms with Crippen LogP contribution < -0.4 is 0 Å². The molecule has 0 radical (unpaired) electrons. The second kappa shape index (κ2) is 10.4. The standard InChI is InChI=1S/C27H18Br2Cl2O/c28-21-9-1-17(2-10-21)25(19-5-13-23(30)14-6-19)27(32)26(18-3-11-22(29)12-4-18)20-7-15-24(31)16-8-20/h1-16,25-26H. The molecule has 0 fully saturated rings. The van der Waals surface area contributed by atoms with Crippen LogP contribution in [0.4, 0.5) is 0 Å². The molecule has 0 aliphatic carbocycles. The van der Waals surface area contributed by atoms with Crippen molar-refractivity contribution in [1.29, 1.82) is 0 Å². The quantitative estimate of drug-likeness (QED) is 0.220. The van der Waals surface area contributed by atoms with Crippen LogP contribution in [0.3, 0.4) is 0 Å². The van der Waals surface area contributed by atoms with Crippen LogP contribution in [-0.2, 0) is 4.79 Å². The summed E-state index contributed by atoms with van der Waals surface area (Å²) in [6.45, 7) is 0. The molecular formula is C27H18Br2Cl2O. The average Bonchev–Trinajstić information content (AvgIpc) is 2.79. The van der Waals surface area contributed by atoms with Crippen molar-refractivity contribution in [3.05, 3.63) is 138 Å². The second-order valence-corrected chi connectivity index (χ2v) is 10.2. The zero-order valence-electron chi connectivity index (χ0n) is 16.8. The first-order valence-electron chi connectivity index (χ1n) is 9.98. The molecule has 1 nitrogen and oxygen atoms in total. The highest BCUT2D eigenvalue weighted by Crippen LogP contribution is 2.37. The van der Waals surface area contributed by atoms with Crippen LogP contribution in [0, 0.1) is 0 Å². The summed E-state index contributed by atoms with van der Waals surface area (Å²) in [4.78, 5) is 14.3. The Kier molecular flexibility index (Phi) is 7.52. The second-order valence-electron chi connectivity index (χ2n) is 7.47. The fraction of sp³-hybridized carbons (Fsp3) is 0.0741. The number of carbonyl (C=O) groups excluding carboxylic acids is 1. The minimum Gasteiger partial charge on any atom is -0.298 e. The smallest absolute Gasteiger partial charge is 0.156 e. The minimum absolute atomic E-state index is 0.0827. The predicted molar refractivity (Wildman–Crippen MR) is 140 cm³/mol. The molecule has 4 aromatic rings. The number of carbonyl (C=O) groups is 1. The molecule has 160 valence electrons. The number of hydrogen-bond donors (Lipinski definition) is 0. The molecule has 0 aliphatic rings. The maximum Gasteiger partial charge on any atom is 0.156 e. The lowest BCUT2D eigenvalue weighted by atomic mass is 9.77. The number of halogens is 4. The van der Waals surface area contributed by atoms with Crippen LogP contribution >= 0.6 is 55.1 Å². The van der Waals surface area contributed by atoms with Gasteiger partial charge in [0.05, 0.1) is 11.8 Å².